The molecule has 4 nitrogen and oxygen atoms in total. The van der Waals surface area contributed by atoms with Gasteiger partial charge >= 0.3 is 0 Å². The number of halogens is 2. The molecule has 0 bridgehead atoms. The van der Waals surface area contributed by atoms with E-state index in [1.807, 2.05) is 16.8 Å². The summed E-state index contributed by atoms with van der Waals surface area (Å²) in [5.74, 6) is 0. The van der Waals surface area contributed by atoms with Crippen LogP contribution < -0.4 is 0 Å². The van der Waals surface area contributed by atoms with Crippen LogP contribution in [-0.2, 0) is 12.1 Å². The van der Waals surface area contributed by atoms with Crippen molar-refractivity contribution in [1.82, 2.24) is 14.5 Å². The van der Waals surface area contributed by atoms with E-state index >= 15 is 0 Å². The molecule has 1 aromatic heterocycles. The Bertz CT molecular complexity index is 737. The molecular weight excluding hydrogens is 357 g/mol. The molecule has 1 fully saturated rings. The lowest BCUT2D eigenvalue weighted by molar-refractivity contribution is -0.0611. The highest BCUT2D eigenvalue weighted by Crippen LogP contribution is 2.37. The first-order valence-electron chi connectivity index (χ1n) is 8.44. The normalized spacial score (nSPS) is 19.6. The van der Waals surface area contributed by atoms with Gasteiger partial charge in [0.2, 0.25) is 0 Å². The Morgan fingerprint density at radius 2 is 2.04 bits per heavy atom. The zero-order valence-corrected chi connectivity index (χ0v) is 15.8. The highest BCUT2D eigenvalue weighted by molar-refractivity contribution is 6.35. The molecule has 2 aromatic rings. The van der Waals surface area contributed by atoms with E-state index in [1.54, 1.807) is 24.7 Å². The molecule has 0 radical (unpaired) electrons. The number of hydrogen-bond donors (Lipinski definition) is 1. The minimum Gasteiger partial charge on any atom is -0.382 e. The Kier molecular flexibility index (Phi) is 5.54. The van der Waals surface area contributed by atoms with E-state index in [9.17, 15) is 5.11 Å². The zero-order chi connectivity index (χ0) is 18.0. The lowest BCUT2D eigenvalue weighted by Gasteiger charge is -2.43. The van der Waals surface area contributed by atoms with Gasteiger partial charge in [-0.1, -0.05) is 41.4 Å². The molecule has 0 saturated carbocycles. The maximum Gasteiger partial charge on any atom is 0.124 e. The number of benzene rings is 1. The number of aliphatic hydroxyl groups is 1. The second kappa shape index (κ2) is 7.50. The maximum atomic E-state index is 11.8. The largest absolute Gasteiger partial charge is 0.382 e. The van der Waals surface area contributed by atoms with E-state index in [1.165, 1.54) is 5.57 Å². The Morgan fingerprint density at radius 3 is 2.64 bits per heavy atom. The zero-order valence-electron chi connectivity index (χ0n) is 14.3. The molecule has 6 heteroatoms. The van der Waals surface area contributed by atoms with Crippen LogP contribution in [0.3, 0.4) is 0 Å². The van der Waals surface area contributed by atoms with Crippen molar-refractivity contribution < 1.29 is 5.11 Å². The number of likely N-dealkylation sites (tertiary alicyclic amines) is 1. The van der Waals surface area contributed by atoms with Gasteiger partial charge in [-0.15, -0.1) is 0 Å². The first kappa shape index (κ1) is 18.5. The summed E-state index contributed by atoms with van der Waals surface area (Å²) in [6, 6.07) is 5.15. The summed E-state index contributed by atoms with van der Waals surface area (Å²) in [5, 5.41) is 12.8. The second-order valence-electron chi connectivity index (χ2n) is 6.75. The summed E-state index contributed by atoms with van der Waals surface area (Å²) >= 11 is 12.5. The van der Waals surface area contributed by atoms with E-state index in [0.717, 1.165) is 25.9 Å². The Balaban J connectivity index is 1.97. The van der Waals surface area contributed by atoms with Crippen molar-refractivity contribution in [3.05, 3.63) is 64.7 Å². The number of piperidine rings is 1. The summed E-state index contributed by atoms with van der Waals surface area (Å²) in [4.78, 5) is 6.39. The lowest BCUT2D eigenvalue weighted by Crippen LogP contribution is -2.53. The molecule has 2 heterocycles. The van der Waals surface area contributed by atoms with Crippen LogP contribution in [0, 0.1) is 0 Å². The van der Waals surface area contributed by atoms with Crippen LogP contribution in [-0.4, -0.2) is 38.7 Å². The topological polar surface area (TPSA) is 41.3 Å². The molecule has 134 valence electrons. The van der Waals surface area contributed by atoms with E-state index in [-0.39, 0.29) is 6.04 Å². The van der Waals surface area contributed by atoms with E-state index in [2.05, 4.69) is 23.4 Å². The average molecular weight is 380 g/mol. The van der Waals surface area contributed by atoms with Crippen LogP contribution in [0.5, 0.6) is 0 Å². The lowest BCUT2D eigenvalue weighted by atomic mass is 9.84. The molecule has 0 aliphatic carbocycles. The van der Waals surface area contributed by atoms with Gasteiger partial charge in [0, 0.05) is 47.1 Å². The molecular formula is C19H23Cl2N3O. The highest BCUT2D eigenvalue weighted by Gasteiger charge is 2.41. The van der Waals surface area contributed by atoms with E-state index in [0.29, 0.717) is 22.2 Å². The van der Waals surface area contributed by atoms with Gasteiger partial charge < -0.3 is 9.67 Å². The highest BCUT2D eigenvalue weighted by atomic mass is 35.5. The molecule has 1 saturated heterocycles. The van der Waals surface area contributed by atoms with Crippen LogP contribution in [0.2, 0.25) is 10.0 Å². The van der Waals surface area contributed by atoms with Crippen LogP contribution in [0.25, 0.3) is 0 Å². The van der Waals surface area contributed by atoms with Gasteiger partial charge in [0.25, 0.3) is 0 Å². The van der Waals surface area contributed by atoms with Crippen molar-refractivity contribution in [3.63, 3.8) is 0 Å². The molecule has 1 N–H and O–H groups in total. The minimum atomic E-state index is -1.17. The van der Waals surface area contributed by atoms with Gasteiger partial charge in [0.1, 0.15) is 5.60 Å². The van der Waals surface area contributed by atoms with Crippen molar-refractivity contribution in [2.24, 2.45) is 0 Å². The summed E-state index contributed by atoms with van der Waals surface area (Å²) in [6.07, 6.45) is 7.18. The maximum absolute atomic E-state index is 11.8. The fourth-order valence-electron chi connectivity index (χ4n) is 3.47. The van der Waals surface area contributed by atoms with E-state index in [4.69, 9.17) is 23.2 Å². The van der Waals surface area contributed by atoms with Gasteiger partial charge in [-0.2, -0.15) is 0 Å². The minimum absolute atomic E-state index is 0.123. The molecule has 0 amide bonds. The first-order valence-corrected chi connectivity index (χ1v) is 9.20. The number of rotatable bonds is 5. The molecule has 0 unspecified atom stereocenters. The summed E-state index contributed by atoms with van der Waals surface area (Å²) in [7, 11) is 0. The monoisotopic (exact) mass is 379 g/mol. The fourth-order valence-corrected chi connectivity index (χ4v) is 4.04. The third-order valence-corrected chi connectivity index (χ3v) is 5.67. The first-order chi connectivity index (χ1) is 11.9. The molecule has 3 rings (SSSR count). The SMILES string of the molecule is C=C1CCN([C@@H](C)[C@@](O)(Cn2ccnc2)c2ccc(Cl)cc2Cl)CC1. The van der Waals surface area contributed by atoms with Crippen LogP contribution >= 0.6 is 23.2 Å². The predicted molar refractivity (Wildman–Crippen MR) is 102 cm³/mol. The fraction of sp³-hybridized carbons (Fsp3) is 0.421. The van der Waals surface area contributed by atoms with Crippen LogP contribution in [0.4, 0.5) is 0 Å². The van der Waals surface area contributed by atoms with Crippen molar-refractivity contribution in [2.75, 3.05) is 13.1 Å². The third-order valence-electron chi connectivity index (χ3n) is 5.12. The van der Waals surface area contributed by atoms with E-state index < -0.39 is 5.60 Å². The van der Waals surface area contributed by atoms with Crippen LogP contribution in [0.15, 0.2) is 49.1 Å². The van der Waals surface area contributed by atoms with Crippen molar-refractivity contribution in [1.29, 1.82) is 0 Å². The van der Waals surface area contributed by atoms with Crippen molar-refractivity contribution in [2.45, 2.75) is 38.0 Å². The van der Waals surface area contributed by atoms with Crippen molar-refractivity contribution >= 4 is 23.2 Å². The smallest absolute Gasteiger partial charge is 0.124 e. The standard InChI is InChI=1S/C19H23Cl2N3O/c1-14-5-8-24(9-6-14)15(2)19(25,12-23-10-7-22-13-23)17-4-3-16(20)11-18(17)21/h3-4,7,10-11,13,15,25H,1,5-6,8-9,12H2,2H3/t15-,19-/m0/s1. The quantitative estimate of drug-likeness (QED) is 0.794. The molecule has 25 heavy (non-hydrogen) atoms. The molecule has 1 aliphatic heterocycles. The number of imidazole rings is 1. The summed E-state index contributed by atoms with van der Waals surface area (Å²) in [5.41, 5.74) is 0.788. The van der Waals surface area contributed by atoms with Crippen LogP contribution in [0.1, 0.15) is 25.3 Å². The number of aromatic nitrogens is 2. The number of hydrogen-bond acceptors (Lipinski definition) is 3. The van der Waals surface area contributed by atoms with Gasteiger partial charge in [0.05, 0.1) is 12.9 Å². The Morgan fingerprint density at radius 1 is 1.32 bits per heavy atom. The third kappa shape index (κ3) is 3.93. The molecule has 2 atom stereocenters. The molecule has 1 aliphatic rings. The molecule has 0 spiro atoms. The average Bonchev–Trinajstić information content (AvgIpc) is 3.07. The second-order valence-corrected chi connectivity index (χ2v) is 7.59. The molecule has 1 aromatic carbocycles. The predicted octanol–water partition coefficient (Wildman–Crippen LogP) is 4.12. The number of nitrogens with zero attached hydrogens (tertiary/aromatic N) is 3. The van der Waals surface area contributed by atoms with Crippen molar-refractivity contribution in [3.8, 4) is 0 Å². The Hall–Kier alpha value is -1.33. The van der Waals surface area contributed by atoms with Gasteiger partial charge in [-0.3, -0.25) is 4.90 Å². The van der Waals surface area contributed by atoms with Gasteiger partial charge in [0.15, 0.2) is 0 Å². The van der Waals surface area contributed by atoms with Gasteiger partial charge in [-0.25, -0.2) is 4.98 Å². The summed E-state index contributed by atoms with van der Waals surface area (Å²) < 4.78 is 1.88. The van der Waals surface area contributed by atoms with Gasteiger partial charge in [-0.05, 0) is 31.9 Å². The summed E-state index contributed by atoms with van der Waals surface area (Å²) in [6.45, 7) is 8.27. The Labute approximate surface area is 158 Å².